The van der Waals surface area contributed by atoms with E-state index in [1.807, 2.05) is 13.8 Å². The summed E-state index contributed by atoms with van der Waals surface area (Å²) in [6, 6.07) is 4.05. The first-order valence-corrected chi connectivity index (χ1v) is 5.06. The van der Waals surface area contributed by atoms with Crippen LogP contribution < -0.4 is 4.74 Å². The Labute approximate surface area is 88.1 Å². The lowest BCUT2D eigenvalue weighted by molar-refractivity contribution is 0.0497. The predicted molar refractivity (Wildman–Crippen MR) is 54.7 cm³/mol. The molecular weight excluding hydrogens is 195 g/mol. The molecule has 15 heavy (non-hydrogen) atoms. The van der Waals surface area contributed by atoms with Gasteiger partial charge in [0.25, 0.3) is 0 Å². The molecule has 2 nitrogen and oxygen atoms in total. The summed E-state index contributed by atoms with van der Waals surface area (Å²) in [5, 5.41) is 0. The van der Waals surface area contributed by atoms with Crippen molar-refractivity contribution in [3.8, 4) is 5.75 Å². The number of hydrogen-bond donors (Lipinski definition) is 0. The summed E-state index contributed by atoms with van der Waals surface area (Å²) in [5.74, 6) is 0.0260. The predicted octanol–water partition coefficient (Wildman–Crippen LogP) is 2.96. The minimum Gasteiger partial charge on any atom is -0.486 e. The van der Waals surface area contributed by atoms with Gasteiger partial charge in [-0.3, -0.25) is 4.79 Å². The molecule has 0 saturated heterocycles. The highest BCUT2D eigenvalue weighted by molar-refractivity contribution is 6.00. The largest absolute Gasteiger partial charge is 0.486 e. The molecule has 0 spiro atoms. The van der Waals surface area contributed by atoms with Crippen molar-refractivity contribution in [2.24, 2.45) is 0 Å². The number of ether oxygens (including phenoxy) is 1. The highest BCUT2D eigenvalue weighted by Gasteiger charge is 2.34. The van der Waals surface area contributed by atoms with Gasteiger partial charge in [-0.05, 0) is 25.5 Å². The molecule has 80 valence electrons. The van der Waals surface area contributed by atoms with Gasteiger partial charge in [-0.25, -0.2) is 4.39 Å². The van der Waals surface area contributed by atoms with E-state index in [2.05, 4.69) is 0 Å². The first kappa shape index (κ1) is 10.1. The number of hydrogen-bond acceptors (Lipinski definition) is 2. The third-order valence-electron chi connectivity index (χ3n) is 2.88. The fourth-order valence-electron chi connectivity index (χ4n) is 1.74. The van der Waals surface area contributed by atoms with E-state index in [1.54, 1.807) is 0 Å². The summed E-state index contributed by atoms with van der Waals surface area (Å²) in [4.78, 5) is 11.8. The number of ketones is 1. The molecule has 1 aliphatic rings. The van der Waals surface area contributed by atoms with Gasteiger partial charge in [0.2, 0.25) is 0 Å². The highest BCUT2D eigenvalue weighted by atomic mass is 19.1. The van der Waals surface area contributed by atoms with E-state index in [9.17, 15) is 9.18 Å². The van der Waals surface area contributed by atoms with E-state index in [0.29, 0.717) is 17.7 Å². The van der Waals surface area contributed by atoms with E-state index in [0.717, 1.165) is 6.42 Å². The lowest BCUT2D eigenvalue weighted by atomic mass is 9.89. The van der Waals surface area contributed by atoms with Crippen molar-refractivity contribution in [3.05, 3.63) is 29.6 Å². The Morgan fingerprint density at radius 1 is 1.53 bits per heavy atom. The lowest BCUT2D eigenvalue weighted by Crippen LogP contribution is -2.38. The maximum Gasteiger partial charge on any atom is 0.170 e. The van der Waals surface area contributed by atoms with Gasteiger partial charge in [-0.2, -0.15) is 0 Å². The lowest BCUT2D eigenvalue weighted by Gasteiger charge is -2.33. The van der Waals surface area contributed by atoms with Crippen molar-refractivity contribution in [2.45, 2.75) is 32.3 Å². The van der Waals surface area contributed by atoms with Crippen molar-refractivity contribution >= 4 is 5.78 Å². The van der Waals surface area contributed by atoms with E-state index in [4.69, 9.17) is 4.74 Å². The highest BCUT2D eigenvalue weighted by Crippen LogP contribution is 2.35. The Kier molecular flexibility index (Phi) is 2.25. The molecule has 1 aliphatic heterocycles. The Morgan fingerprint density at radius 3 is 2.93 bits per heavy atom. The molecule has 0 saturated carbocycles. The fourth-order valence-corrected chi connectivity index (χ4v) is 1.74. The maximum absolute atomic E-state index is 13.0. The molecule has 1 aromatic rings. The zero-order valence-electron chi connectivity index (χ0n) is 8.84. The van der Waals surface area contributed by atoms with E-state index in [-0.39, 0.29) is 11.6 Å². The number of fused-ring (bicyclic) bond motifs is 1. The number of carbonyl (C=O) groups excluding carboxylic acids is 1. The maximum atomic E-state index is 13.0. The zero-order chi connectivity index (χ0) is 11.1. The Morgan fingerprint density at radius 2 is 2.27 bits per heavy atom. The van der Waals surface area contributed by atoms with Gasteiger partial charge in [0.1, 0.15) is 17.2 Å². The smallest absolute Gasteiger partial charge is 0.170 e. The van der Waals surface area contributed by atoms with Crippen LogP contribution in [0.2, 0.25) is 0 Å². The summed E-state index contributed by atoms with van der Waals surface area (Å²) >= 11 is 0. The summed E-state index contributed by atoms with van der Waals surface area (Å²) in [6.45, 7) is 3.83. The van der Waals surface area contributed by atoms with Crippen LogP contribution in [0.5, 0.6) is 5.75 Å². The molecule has 1 heterocycles. The second-order valence-electron chi connectivity index (χ2n) is 4.15. The fraction of sp³-hybridized carbons (Fsp3) is 0.417. The van der Waals surface area contributed by atoms with Crippen LogP contribution in [0, 0.1) is 5.82 Å². The van der Waals surface area contributed by atoms with Crippen LogP contribution in [0.4, 0.5) is 4.39 Å². The van der Waals surface area contributed by atoms with Crippen LogP contribution in [0.1, 0.15) is 37.0 Å². The standard InChI is InChI=1S/C12H13FO2/c1-3-12(2)7-10(14)9-5-4-8(13)6-11(9)15-12/h4-6H,3,7H2,1-2H3. The first-order valence-electron chi connectivity index (χ1n) is 5.06. The molecule has 1 unspecified atom stereocenters. The minimum atomic E-state index is -0.488. The molecule has 0 N–H and O–H groups in total. The number of benzene rings is 1. The van der Waals surface area contributed by atoms with Gasteiger partial charge in [0.05, 0.1) is 12.0 Å². The molecule has 3 heteroatoms. The third-order valence-corrected chi connectivity index (χ3v) is 2.88. The monoisotopic (exact) mass is 208 g/mol. The zero-order valence-corrected chi connectivity index (χ0v) is 8.84. The van der Waals surface area contributed by atoms with Crippen LogP contribution in [-0.4, -0.2) is 11.4 Å². The van der Waals surface area contributed by atoms with Crippen molar-refractivity contribution in [1.82, 2.24) is 0 Å². The second kappa shape index (κ2) is 3.33. The Hall–Kier alpha value is -1.38. The molecular formula is C12H13FO2. The van der Waals surface area contributed by atoms with Crippen LogP contribution in [0.3, 0.4) is 0 Å². The molecule has 0 fully saturated rings. The van der Waals surface area contributed by atoms with Gasteiger partial charge in [0, 0.05) is 6.07 Å². The molecule has 0 bridgehead atoms. The number of carbonyl (C=O) groups is 1. The summed E-state index contributed by atoms with van der Waals surface area (Å²) in [5.41, 5.74) is 0.0000463. The van der Waals surface area contributed by atoms with E-state index < -0.39 is 5.60 Å². The minimum absolute atomic E-state index is 0.0283. The number of halogens is 1. The van der Waals surface area contributed by atoms with Gasteiger partial charge >= 0.3 is 0 Å². The molecule has 0 aliphatic carbocycles. The van der Waals surface area contributed by atoms with E-state index in [1.165, 1.54) is 18.2 Å². The van der Waals surface area contributed by atoms with Crippen molar-refractivity contribution < 1.29 is 13.9 Å². The topological polar surface area (TPSA) is 26.3 Å². The van der Waals surface area contributed by atoms with Crippen molar-refractivity contribution in [2.75, 3.05) is 0 Å². The van der Waals surface area contributed by atoms with Crippen molar-refractivity contribution in [3.63, 3.8) is 0 Å². The van der Waals surface area contributed by atoms with Crippen molar-refractivity contribution in [1.29, 1.82) is 0 Å². The Bertz CT molecular complexity index is 414. The molecule has 0 aromatic heterocycles. The molecule has 0 radical (unpaired) electrons. The summed E-state index contributed by atoms with van der Waals surface area (Å²) < 4.78 is 18.6. The van der Waals surface area contributed by atoms with Crippen LogP contribution in [-0.2, 0) is 0 Å². The molecule has 1 atom stereocenters. The van der Waals surface area contributed by atoms with Gasteiger partial charge in [-0.1, -0.05) is 6.92 Å². The summed E-state index contributed by atoms with van der Waals surface area (Å²) in [6.07, 6.45) is 1.09. The van der Waals surface area contributed by atoms with Crippen LogP contribution >= 0.6 is 0 Å². The molecule has 1 aromatic carbocycles. The van der Waals surface area contributed by atoms with Crippen LogP contribution in [0.15, 0.2) is 18.2 Å². The number of Topliss-reactive ketones (excluding diaryl/α,β-unsaturated/α-hetero) is 1. The first-order chi connectivity index (χ1) is 7.04. The third kappa shape index (κ3) is 1.74. The normalized spacial score (nSPS) is 24.6. The summed E-state index contributed by atoms with van der Waals surface area (Å²) in [7, 11) is 0. The quantitative estimate of drug-likeness (QED) is 0.709. The molecule has 0 amide bonds. The van der Waals surface area contributed by atoms with Gasteiger partial charge < -0.3 is 4.74 Å². The van der Waals surface area contributed by atoms with Gasteiger partial charge in [0.15, 0.2) is 5.78 Å². The second-order valence-corrected chi connectivity index (χ2v) is 4.15. The SMILES string of the molecule is CCC1(C)CC(=O)c2ccc(F)cc2O1. The average Bonchev–Trinajstić information content (AvgIpc) is 2.16. The molecule has 2 rings (SSSR count). The average molecular weight is 208 g/mol. The van der Waals surface area contributed by atoms with Gasteiger partial charge in [-0.15, -0.1) is 0 Å². The Balaban J connectivity index is 2.46. The van der Waals surface area contributed by atoms with E-state index >= 15 is 0 Å². The number of rotatable bonds is 1. The van der Waals surface area contributed by atoms with Crippen LogP contribution in [0.25, 0.3) is 0 Å².